The van der Waals surface area contributed by atoms with E-state index in [-0.39, 0.29) is 12.2 Å². The third-order valence-corrected chi connectivity index (χ3v) is 3.96. The van der Waals surface area contributed by atoms with Gasteiger partial charge in [0, 0.05) is 22.0 Å². The van der Waals surface area contributed by atoms with Crippen molar-refractivity contribution in [1.29, 1.82) is 0 Å². The number of nitrogens with one attached hydrogen (secondary N) is 1. The molecule has 0 bridgehead atoms. The number of hydrogen-bond donors (Lipinski definition) is 1. The zero-order chi connectivity index (χ0) is 15.2. The van der Waals surface area contributed by atoms with Gasteiger partial charge in [0.05, 0.1) is 6.61 Å². The molecule has 0 aliphatic carbocycles. The lowest BCUT2D eigenvalue weighted by molar-refractivity contribution is -0.146. The van der Waals surface area contributed by atoms with Crippen molar-refractivity contribution in [3.63, 3.8) is 0 Å². The van der Waals surface area contributed by atoms with Crippen molar-refractivity contribution >= 4 is 28.9 Å². The molecule has 1 heterocycles. The molecule has 2 aromatic rings. The summed E-state index contributed by atoms with van der Waals surface area (Å²) in [5.74, 6) is -1.01. The van der Waals surface area contributed by atoms with E-state index in [9.17, 15) is 9.18 Å². The largest absolute Gasteiger partial charge is 0.465 e. The van der Waals surface area contributed by atoms with E-state index in [4.69, 9.17) is 16.3 Å². The monoisotopic (exact) mass is 327 g/mol. The zero-order valence-electron chi connectivity index (χ0n) is 11.4. The molecule has 0 radical (unpaired) electrons. The summed E-state index contributed by atoms with van der Waals surface area (Å²) in [5, 5.41) is 5.34. The minimum atomic E-state index is -0.884. The van der Waals surface area contributed by atoms with Crippen LogP contribution in [-0.2, 0) is 16.1 Å². The molecule has 0 saturated carbocycles. The molecule has 1 unspecified atom stereocenters. The van der Waals surface area contributed by atoms with Crippen LogP contribution in [0.3, 0.4) is 0 Å². The van der Waals surface area contributed by atoms with Gasteiger partial charge in [-0.3, -0.25) is 5.32 Å². The molecule has 1 atom stereocenters. The number of rotatable bonds is 6. The van der Waals surface area contributed by atoms with Crippen molar-refractivity contribution in [2.75, 3.05) is 6.61 Å². The van der Waals surface area contributed by atoms with Gasteiger partial charge in [0.25, 0.3) is 0 Å². The predicted octanol–water partition coefficient (Wildman–Crippen LogP) is 3.93. The molecule has 21 heavy (non-hydrogen) atoms. The molecule has 1 aromatic heterocycles. The first-order chi connectivity index (χ1) is 10.1. The molecule has 0 aliphatic heterocycles. The van der Waals surface area contributed by atoms with E-state index < -0.39 is 17.8 Å². The molecule has 0 saturated heterocycles. The first-order valence-corrected chi connectivity index (χ1v) is 7.75. The van der Waals surface area contributed by atoms with Gasteiger partial charge in [-0.1, -0.05) is 17.7 Å². The number of thiophene rings is 1. The Balaban J connectivity index is 2.22. The fourth-order valence-electron chi connectivity index (χ4n) is 1.90. The lowest BCUT2D eigenvalue weighted by Crippen LogP contribution is -2.30. The Kier molecular flexibility index (Phi) is 5.73. The van der Waals surface area contributed by atoms with Gasteiger partial charge in [0.15, 0.2) is 0 Å². The van der Waals surface area contributed by atoms with E-state index in [1.54, 1.807) is 18.3 Å². The third-order valence-electron chi connectivity index (χ3n) is 2.85. The van der Waals surface area contributed by atoms with E-state index in [0.717, 1.165) is 4.88 Å². The quantitative estimate of drug-likeness (QED) is 0.817. The van der Waals surface area contributed by atoms with E-state index >= 15 is 0 Å². The average Bonchev–Trinajstić information content (AvgIpc) is 2.96. The maximum absolute atomic E-state index is 14.0. The summed E-state index contributed by atoms with van der Waals surface area (Å²) < 4.78 is 19.0. The molecule has 1 N–H and O–H groups in total. The smallest absolute Gasteiger partial charge is 0.327 e. The molecule has 6 heteroatoms. The molecule has 0 amide bonds. The van der Waals surface area contributed by atoms with Crippen molar-refractivity contribution in [1.82, 2.24) is 5.32 Å². The van der Waals surface area contributed by atoms with Crippen molar-refractivity contribution in [2.24, 2.45) is 0 Å². The summed E-state index contributed by atoms with van der Waals surface area (Å²) in [7, 11) is 0. The topological polar surface area (TPSA) is 38.3 Å². The van der Waals surface area contributed by atoms with E-state index in [1.165, 1.54) is 18.2 Å². The molecule has 112 valence electrons. The van der Waals surface area contributed by atoms with Crippen molar-refractivity contribution in [3.8, 4) is 0 Å². The van der Waals surface area contributed by atoms with Gasteiger partial charge in [-0.05, 0) is 36.6 Å². The van der Waals surface area contributed by atoms with Gasteiger partial charge < -0.3 is 4.74 Å². The number of halogens is 2. The predicted molar refractivity (Wildman–Crippen MR) is 81.9 cm³/mol. The second-order valence-corrected chi connectivity index (χ2v) is 5.78. The number of hydrogen-bond acceptors (Lipinski definition) is 4. The van der Waals surface area contributed by atoms with Gasteiger partial charge in [0.2, 0.25) is 0 Å². The highest BCUT2D eigenvalue weighted by molar-refractivity contribution is 7.09. The van der Waals surface area contributed by atoms with Crippen molar-refractivity contribution in [3.05, 3.63) is 57.0 Å². The van der Waals surface area contributed by atoms with Gasteiger partial charge in [-0.25, -0.2) is 9.18 Å². The number of carbonyl (C=O) groups excluding carboxylic acids is 1. The highest BCUT2D eigenvalue weighted by Gasteiger charge is 2.25. The zero-order valence-corrected chi connectivity index (χ0v) is 13.0. The van der Waals surface area contributed by atoms with Crippen LogP contribution in [0.1, 0.15) is 23.4 Å². The number of ether oxygens (including phenoxy) is 1. The first kappa shape index (κ1) is 15.9. The van der Waals surface area contributed by atoms with Crippen molar-refractivity contribution < 1.29 is 13.9 Å². The van der Waals surface area contributed by atoms with Crippen LogP contribution in [0, 0.1) is 5.82 Å². The molecule has 0 spiro atoms. The number of esters is 1. The van der Waals surface area contributed by atoms with Gasteiger partial charge >= 0.3 is 5.97 Å². The van der Waals surface area contributed by atoms with Gasteiger partial charge in [0.1, 0.15) is 11.9 Å². The second kappa shape index (κ2) is 7.54. The van der Waals surface area contributed by atoms with Crippen LogP contribution in [0.25, 0.3) is 0 Å². The molecule has 0 aliphatic rings. The Morgan fingerprint density at radius 2 is 2.29 bits per heavy atom. The second-order valence-electron chi connectivity index (χ2n) is 4.31. The van der Waals surface area contributed by atoms with Crippen LogP contribution in [0.15, 0.2) is 35.7 Å². The lowest BCUT2D eigenvalue weighted by atomic mass is 10.1. The Bertz CT molecular complexity index is 604. The van der Waals surface area contributed by atoms with Crippen LogP contribution < -0.4 is 5.32 Å². The molecular formula is C15H15ClFNO2S. The Morgan fingerprint density at radius 1 is 1.48 bits per heavy atom. The summed E-state index contributed by atoms with van der Waals surface area (Å²) in [6.07, 6.45) is 0. The summed E-state index contributed by atoms with van der Waals surface area (Å²) in [5.41, 5.74) is 0.192. The summed E-state index contributed by atoms with van der Waals surface area (Å²) in [6, 6.07) is 7.11. The summed E-state index contributed by atoms with van der Waals surface area (Å²) in [4.78, 5) is 13.1. The summed E-state index contributed by atoms with van der Waals surface area (Å²) in [6.45, 7) is 2.40. The molecule has 3 nitrogen and oxygen atoms in total. The Hall–Kier alpha value is -1.43. The fraction of sp³-hybridized carbons (Fsp3) is 0.267. The Morgan fingerprint density at radius 3 is 2.95 bits per heavy atom. The highest BCUT2D eigenvalue weighted by atomic mass is 35.5. The highest BCUT2D eigenvalue weighted by Crippen LogP contribution is 2.23. The first-order valence-electron chi connectivity index (χ1n) is 6.49. The lowest BCUT2D eigenvalue weighted by Gasteiger charge is -2.18. The van der Waals surface area contributed by atoms with Crippen LogP contribution in [0.5, 0.6) is 0 Å². The third kappa shape index (κ3) is 4.27. The van der Waals surface area contributed by atoms with E-state index in [1.807, 2.05) is 17.5 Å². The van der Waals surface area contributed by atoms with Crippen molar-refractivity contribution in [2.45, 2.75) is 19.5 Å². The minimum Gasteiger partial charge on any atom is -0.465 e. The van der Waals surface area contributed by atoms with Crippen LogP contribution in [0.4, 0.5) is 4.39 Å². The van der Waals surface area contributed by atoms with Crippen LogP contribution >= 0.6 is 22.9 Å². The van der Waals surface area contributed by atoms with Gasteiger partial charge in [-0.15, -0.1) is 11.3 Å². The van der Waals surface area contributed by atoms with E-state index in [2.05, 4.69) is 5.32 Å². The standard InChI is InChI=1S/C15H15ClFNO2S/c1-2-20-15(19)14(18-9-11-4-3-7-21-11)12-8-10(16)5-6-13(12)17/h3-8,14,18H,2,9H2,1H3. The number of benzene rings is 1. The SMILES string of the molecule is CCOC(=O)C(NCc1cccs1)c1cc(Cl)ccc1F. The molecule has 1 aromatic carbocycles. The normalized spacial score (nSPS) is 12.1. The molecular weight excluding hydrogens is 313 g/mol. The minimum absolute atomic E-state index is 0.192. The van der Waals surface area contributed by atoms with Gasteiger partial charge in [-0.2, -0.15) is 0 Å². The molecule has 2 rings (SSSR count). The Labute approximate surface area is 131 Å². The summed E-state index contributed by atoms with van der Waals surface area (Å²) >= 11 is 7.46. The van der Waals surface area contributed by atoms with Crippen LogP contribution in [0.2, 0.25) is 5.02 Å². The maximum Gasteiger partial charge on any atom is 0.327 e. The van der Waals surface area contributed by atoms with E-state index in [0.29, 0.717) is 11.6 Å². The fourth-order valence-corrected chi connectivity index (χ4v) is 2.73. The molecule has 0 fully saturated rings. The average molecular weight is 328 g/mol. The maximum atomic E-state index is 14.0. The van der Waals surface area contributed by atoms with Crippen LogP contribution in [-0.4, -0.2) is 12.6 Å². The number of carbonyl (C=O) groups is 1.